The van der Waals surface area contributed by atoms with Gasteiger partial charge in [-0.2, -0.15) is 0 Å². The SMILES string of the molecule is C=CCCCOC(=O)N[C@@H]1C[C@@H](CCCC=C)O[C@@](OC)([C@@H]2CSC(=O)N2Cc2ccc(OC)cc2)C1. The zero-order valence-electron chi connectivity index (χ0n) is 22.0. The van der Waals surface area contributed by atoms with Gasteiger partial charge in [0.05, 0.1) is 25.9 Å². The van der Waals surface area contributed by atoms with E-state index < -0.39 is 11.9 Å². The monoisotopic (exact) mass is 532 g/mol. The average Bonchev–Trinajstić information content (AvgIpc) is 3.27. The van der Waals surface area contributed by atoms with Crippen molar-refractivity contribution < 1.29 is 28.5 Å². The molecular formula is C28H40N2O6S. The van der Waals surface area contributed by atoms with Crippen molar-refractivity contribution in [3.63, 3.8) is 0 Å². The molecule has 9 heteroatoms. The molecule has 0 bridgehead atoms. The summed E-state index contributed by atoms with van der Waals surface area (Å²) in [6.45, 7) is 8.28. The number of alkyl carbamates (subject to hydrolysis) is 1. The number of hydrogen-bond acceptors (Lipinski definition) is 7. The van der Waals surface area contributed by atoms with E-state index in [0.717, 1.165) is 43.4 Å². The highest BCUT2D eigenvalue weighted by atomic mass is 32.2. The molecule has 0 aliphatic carbocycles. The minimum atomic E-state index is -1.05. The lowest BCUT2D eigenvalue weighted by Gasteiger charge is -2.48. The van der Waals surface area contributed by atoms with E-state index in [9.17, 15) is 9.59 Å². The lowest BCUT2D eigenvalue weighted by atomic mass is 9.89. The smallest absolute Gasteiger partial charge is 0.407 e. The van der Waals surface area contributed by atoms with Crippen molar-refractivity contribution in [1.82, 2.24) is 10.2 Å². The summed E-state index contributed by atoms with van der Waals surface area (Å²) in [4.78, 5) is 27.3. The topological polar surface area (TPSA) is 86.3 Å². The molecule has 2 heterocycles. The first-order valence-corrected chi connectivity index (χ1v) is 13.9. The Kier molecular flexibility index (Phi) is 11.4. The summed E-state index contributed by atoms with van der Waals surface area (Å²) in [5.41, 5.74) is 0.990. The van der Waals surface area contributed by atoms with Crippen LogP contribution in [0.2, 0.25) is 0 Å². The van der Waals surface area contributed by atoms with E-state index in [-0.39, 0.29) is 23.4 Å². The molecule has 0 saturated carbocycles. The van der Waals surface area contributed by atoms with E-state index in [1.807, 2.05) is 35.2 Å². The number of nitrogens with one attached hydrogen (secondary N) is 1. The molecule has 204 valence electrons. The zero-order valence-corrected chi connectivity index (χ0v) is 22.8. The molecule has 1 N–H and O–H groups in total. The molecule has 1 aromatic rings. The molecule has 0 radical (unpaired) electrons. The van der Waals surface area contributed by atoms with Crippen LogP contribution in [0.15, 0.2) is 49.6 Å². The van der Waals surface area contributed by atoms with Crippen LogP contribution in [0.25, 0.3) is 0 Å². The van der Waals surface area contributed by atoms with Gasteiger partial charge in [-0.05, 0) is 56.2 Å². The fourth-order valence-corrected chi connectivity index (χ4v) is 5.99. The normalized spacial score (nSPS) is 25.5. The maximum absolute atomic E-state index is 13.0. The van der Waals surface area contributed by atoms with Gasteiger partial charge < -0.3 is 29.2 Å². The van der Waals surface area contributed by atoms with Gasteiger partial charge in [0.25, 0.3) is 5.24 Å². The van der Waals surface area contributed by atoms with Crippen LogP contribution >= 0.6 is 11.8 Å². The number of carbonyl (C=O) groups is 2. The Bertz CT molecular complexity index is 910. The number of carbonyl (C=O) groups excluding carboxylic acids is 2. The van der Waals surface area contributed by atoms with Crippen molar-refractivity contribution in [2.24, 2.45) is 0 Å². The summed E-state index contributed by atoms with van der Waals surface area (Å²) in [6.07, 6.45) is 8.31. The van der Waals surface area contributed by atoms with Crippen LogP contribution in [-0.4, -0.2) is 66.8 Å². The highest BCUT2D eigenvalue weighted by Gasteiger charge is 2.53. The predicted molar refractivity (Wildman–Crippen MR) is 146 cm³/mol. The first kappa shape index (κ1) is 29.1. The second kappa shape index (κ2) is 14.4. The summed E-state index contributed by atoms with van der Waals surface area (Å²) in [5.74, 6) is 0.254. The van der Waals surface area contributed by atoms with E-state index in [2.05, 4.69) is 18.5 Å². The number of hydrogen-bond donors (Lipinski definition) is 1. The Labute approximate surface area is 224 Å². The van der Waals surface area contributed by atoms with Crippen LogP contribution in [0.5, 0.6) is 5.75 Å². The van der Waals surface area contributed by atoms with Gasteiger partial charge in [-0.15, -0.1) is 13.2 Å². The number of allylic oxidation sites excluding steroid dienone is 2. The number of thioether (sulfide) groups is 1. The molecule has 0 aromatic heterocycles. The molecule has 8 nitrogen and oxygen atoms in total. The summed E-state index contributed by atoms with van der Waals surface area (Å²) >= 11 is 1.27. The summed E-state index contributed by atoms with van der Waals surface area (Å²) < 4.78 is 23.4. The Balaban J connectivity index is 1.77. The zero-order chi connectivity index (χ0) is 26.7. The number of rotatable bonds is 14. The van der Waals surface area contributed by atoms with Crippen LogP contribution in [-0.2, 0) is 20.8 Å². The van der Waals surface area contributed by atoms with Crippen molar-refractivity contribution in [2.75, 3.05) is 26.6 Å². The largest absolute Gasteiger partial charge is 0.497 e. The number of amides is 2. The fourth-order valence-electron chi connectivity index (χ4n) is 4.90. The van der Waals surface area contributed by atoms with E-state index in [4.69, 9.17) is 18.9 Å². The minimum absolute atomic E-state index is 0.0132. The van der Waals surface area contributed by atoms with Crippen molar-refractivity contribution in [3.8, 4) is 5.75 Å². The van der Waals surface area contributed by atoms with Crippen molar-refractivity contribution >= 4 is 23.1 Å². The maximum atomic E-state index is 13.0. The van der Waals surface area contributed by atoms with Crippen LogP contribution in [0.1, 0.15) is 50.5 Å². The van der Waals surface area contributed by atoms with Crippen LogP contribution < -0.4 is 10.1 Å². The molecular weight excluding hydrogens is 492 g/mol. The Hall–Kier alpha value is -2.49. The third-order valence-corrected chi connectivity index (χ3v) is 7.79. The molecule has 3 rings (SSSR count). The average molecular weight is 533 g/mol. The first-order valence-electron chi connectivity index (χ1n) is 12.9. The highest BCUT2D eigenvalue weighted by molar-refractivity contribution is 8.13. The first-order chi connectivity index (χ1) is 17.9. The molecule has 0 spiro atoms. The second-order valence-corrected chi connectivity index (χ2v) is 10.4. The molecule has 4 atom stereocenters. The van der Waals surface area contributed by atoms with Crippen LogP contribution in [0.3, 0.4) is 0 Å². The van der Waals surface area contributed by atoms with Gasteiger partial charge in [-0.3, -0.25) is 4.79 Å². The summed E-state index contributed by atoms with van der Waals surface area (Å²) in [7, 11) is 3.25. The van der Waals surface area contributed by atoms with Gasteiger partial charge in [0.2, 0.25) is 0 Å². The standard InChI is InChI=1S/C28H40N2O6S/c1-5-7-9-11-24-17-22(29-26(31)35-16-10-8-6-2)18-28(34-4,36-24)25-20-37-27(32)30(25)19-21-12-14-23(33-3)15-13-21/h5-6,12-15,22,24-25H,1-2,7-11,16-20H2,3-4H3,(H,29,31)/t22-,24-,25+,28-/m1/s1. The number of nitrogens with zero attached hydrogens (tertiary/aromatic N) is 1. The van der Waals surface area contributed by atoms with Crippen LogP contribution in [0.4, 0.5) is 9.59 Å². The molecule has 37 heavy (non-hydrogen) atoms. The number of methoxy groups -OCH3 is 2. The third-order valence-electron chi connectivity index (χ3n) is 6.83. The lowest BCUT2D eigenvalue weighted by molar-refractivity contribution is -0.294. The molecule has 2 aliphatic rings. The van der Waals surface area contributed by atoms with Crippen molar-refractivity contribution in [3.05, 3.63) is 55.1 Å². The van der Waals surface area contributed by atoms with Crippen molar-refractivity contribution in [2.45, 2.75) is 75.5 Å². The number of benzene rings is 1. The second-order valence-electron chi connectivity index (χ2n) is 9.39. The quantitative estimate of drug-likeness (QED) is 0.244. The lowest BCUT2D eigenvalue weighted by Crippen LogP contribution is -2.62. The third kappa shape index (κ3) is 7.99. The van der Waals surface area contributed by atoms with Crippen LogP contribution in [0, 0.1) is 0 Å². The van der Waals surface area contributed by atoms with E-state index in [0.29, 0.717) is 31.7 Å². The fraction of sp³-hybridized carbons (Fsp3) is 0.571. The Morgan fingerprint density at radius 3 is 2.62 bits per heavy atom. The van der Waals surface area contributed by atoms with Gasteiger partial charge in [-0.25, -0.2) is 4.79 Å². The molecule has 2 aliphatic heterocycles. The van der Waals surface area contributed by atoms with Gasteiger partial charge in [0.1, 0.15) is 5.75 Å². The molecule has 0 unspecified atom stereocenters. The molecule has 1 aromatic carbocycles. The highest BCUT2D eigenvalue weighted by Crippen LogP contribution is 2.42. The predicted octanol–water partition coefficient (Wildman–Crippen LogP) is 5.67. The van der Waals surface area contributed by atoms with E-state index in [1.165, 1.54) is 11.8 Å². The Morgan fingerprint density at radius 1 is 1.22 bits per heavy atom. The minimum Gasteiger partial charge on any atom is -0.497 e. The number of unbranched alkanes of at least 4 members (excludes halogenated alkanes) is 2. The van der Waals surface area contributed by atoms with Gasteiger partial charge >= 0.3 is 6.09 Å². The van der Waals surface area contributed by atoms with E-state index >= 15 is 0 Å². The molecule has 2 amide bonds. The van der Waals surface area contributed by atoms with Gasteiger partial charge in [0.15, 0.2) is 5.79 Å². The molecule has 2 fully saturated rings. The van der Waals surface area contributed by atoms with Crippen molar-refractivity contribution in [1.29, 1.82) is 0 Å². The Morgan fingerprint density at radius 2 is 1.95 bits per heavy atom. The van der Waals surface area contributed by atoms with E-state index in [1.54, 1.807) is 20.3 Å². The summed E-state index contributed by atoms with van der Waals surface area (Å²) in [6, 6.07) is 7.16. The number of ether oxygens (including phenoxy) is 4. The summed E-state index contributed by atoms with van der Waals surface area (Å²) in [5, 5.41) is 3.01. The van der Waals surface area contributed by atoms with Gasteiger partial charge in [0, 0.05) is 31.9 Å². The molecule has 2 saturated heterocycles. The van der Waals surface area contributed by atoms with Gasteiger partial charge in [-0.1, -0.05) is 36.0 Å². The maximum Gasteiger partial charge on any atom is 0.407 e.